The van der Waals surface area contributed by atoms with Crippen LogP contribution < -0.4 is 11.1 Å². The largest absolute Gasteiger partial charge is 0.378 e. The van der Waals surface area contributed by atoms with Crippen LogP contribution in [-0.4, -0.2) is 14.9 Å². The number of nitrogens with two attached hydrogens (primary N) is 1. The molecule has 2 aromatic rings. The van der Waals surface area contributed by atoms with Crippen molar-refractivity contribution in [2.24, 2.45) is 0 Å². The molecule has 0 fully saturated rings. The van der Waals surface area contributed by atoms with Gasteiger partial charge in [0, 0.05) is 12.1 Å². The first-order chi connectivity index (χ1) is 9.97. The highest BCUT2D eigenvalue weighted by Crippen LogP contribution is 2.20. The molecule has 0 aliphatic rings. The molecule has 9 heteroatoms. The summed E-state index contributed by atoms with van der Waals surface area (Å²) in [5, 5.41) is 13.4. The number of nitrogens with zero attached hydrogens (tertiary/aromatic N) is 3. The van der Waals surface area contributed by atoms with Gasteiger partial charge in [0.25, 0.3) is 6.43 Å². The first-order valence-electron chi connectivity index (χ1n) is 5.85. The first kappa shape index (κ1) is 14.6. The van der Waals surface area contributed by atoms with E-state index >= 15 is 0 Å². The lowest BCUT2D eigenvalue weighted by Gasteiger charge is -2.06. The number of benzene rings is 1. The number of aromatic nitrogens is 2. The fraction of sp³-hybridized carbons (Fsp3) is 0.167. The van der Waals surface area contributed by atoms with Crippen LogP contribution >= 0.6 is 0 Å². The van der Waals surface area contributed by atoms with E-state index in [0.717, 1.165) is 11.8 Å². The van der Waals surface area contributed by atoms with Crippen LogP contribution in [0.4, 0.5) is 26.2 Å². The third-order valence-electron chi connectivity index (χ3n) is 2.68. The molecule has 0 radical (unpaired) electrons. The Hall–Kier alpha value is -2.84. The number of hydrogen-bond donors (Lipinski definition) is 2. The van der Waals surface area contributed by atoms with Gasteiger partial charge in [-0.3, -0.25) is 10.1 Å². The summed E-state index contributed by atoms with van der Waals surface area (Å²) in [5.74, 6) is -0.124. The lowest BCUT2D eigenvalue weighted by molar-refractivity contribution is -0.384. The Labute approximate surface area is 118 Å². The maximum atomic E-state index is 12.4. The zero-order valence-electron chi connectivity index (χ0n) is 10.7. The topological polar surface area (TPSA) is 107 Å². The van der Waals surface area contributed by atoms with Crippen molar-refractivity contribution in [3.05, 3.63) is 51.7 Å². The Balaban J connectivity index is 2.03. The summed E-state index contributed by atoms with van der Waals surface area (Å²) in [6.45, 7) is 0.279. The molecule has 3 N–H and O–H groups in total. The fourth-order valence-corrected chi connectivity index (χ4v) is 1.58. The average Bonchev–Trinajstić information content (AvgIpc) is 2.45. The van der Waals surface area contributed by atoms with Gasteiger partial charge in [-0.2, -0.15) is 4.98 Å². The summed E-state index contributed by atoms with van der Waals surface area (Å²) in [6.07, 6.45) is -1.50. The van der Waals surface area contributed by atoms with Gasteiger partial charge in [0.1, 0.15) is 6.20 Å². The van der Waals surface area contributed by atoms with E-state index in [-0.39, 0.29) is 29.6 Å². The van der Waals surface area contributed by atoms with Crippen LogP contribution in [0, 0.1) is 10.1 Å². The minimum Gasteiger partial charge on any atom is -0.378 e. The van der Waals surface area contributed by atoms with Gasteiger partial charge in [-0.05, 0) is 5.56 Å². The average molecular weight is 295 g/mol. The quantitative estimate of drug-likeness (QED) is 0.648. The lowest BCUT2D eigenvalue weighted by Crippen LogP contribution is -2.07. The highest BCUT2D eigenvalue weighted by Gasteiger charge is 2.14. The summed E-state index contributed by atoms with van der Waals surface area (Å²) in [4.78, 5) is 17.4. The maximum Gasteiger partial charge on any atom is 0.329 e. The molecule has 1 aromatic carbocycles. The predicted molar refractivity (Wildman–Crippen MR) is 71.8 cm³/mol. The van der Waals surface area contributed by atoms with Crippen molar-refractivity contribution in [2.45, 2.75) is 13.0 Å². The fourth-order valence-electron chi connectivity index (χ4n) is 1.58. The maximum absolute atomic E-state index is 12.4. The summed E-state index contributed by atoms with van der Waals surface area (Å²) in [5.41, 5.74) is 5.73. The molecular formula is C12H11F2N5O2. The number of alkyl halides is 2. The molecule has 110 valence electrons. The molecule has 7 nitrogen and oxygen atoms in total. The summed E-state index contributed by atoms with van der Waals surface area (Å²) < 4.78 is 24.8. The van der Waals surface area contributed by atoms with Gasteiger partial charge in [-0.15, -0.1) is 0 Å². The predicted octanol–water partition coefficient (Wildman–Crippen LogP) is 2.52. The normalized spacial score (nSPS) is 10.6. The third-order valence-corrected chi connectivity index (χ3v) is 2.68. The molecule has 21 heavy (non-hydrogen) atoms. The number of nitrogen functional groups attached to an aromatic ring is 1. The van der Waals surface area contributed by atoms with E-state index in [1.807, 2.05) is 0 Å². The zero-order valence-corrected chi connectivity index (χ0v) is 10.7. The van der Waals surface area contributed by atoms with Crippen LogP contribution in [0.15, 0.2) is 30.5 Å². The van der Waals surface area contributed by atoms with Crippen molar-refractivity contribution >= 4 is 17.5 Å². The van der Waals surface area contributed by atoms with Crippen LogP contribution in [0.5, 0.6) is 0 Å². The third kappa shape index (κ3) is 3.59. The van der Waals surface area contributed by atoms with E-state index in [1.54, 1.807) is 12.1 Å². The van der Waals surface area contributed by atoms with Crippen LogP contribution in [-0.2, 0) is 6.54 Å². The minimum absolute atomic E-state index is 0.0606. The number of halogens is 2. The second-order valence-electron chi connectivity index (χ2n) is 4.12. The van der Waals surface area contributed by atoms with E-state index in [9.17, 15) is 18.9 Å². The van der Waals surface area contributed by atoms with Crippen molar-refractivity contribution in [1.82, 2.24) is 9.97 Å². The molecule has 2 rings (SSSR count). The highest BCUT2D eigenvalue weighted by molar-refractivity contribution is 5.53. The monoisotopic (exact) mass is 295 g/mol. The summed E-state index contributed by atoms with van der Waals surface area (Å²) in [6, 6.07) is 5.74. The van der Waals surface area contributed by atoms with Crippen LogP contribution in [0.3, 0.4) is 0 Å². The number of rotatable bonds is 5. The smallest absolute Gasteiger partial charge is 0.329 e. The van der Waals surface area contributed by atoms with E-state index in [4.69, 9.17) is 5.73 Å². The standard InChI is InChI=1S/C12H11F2N5O2/c13-10(14)8-3-1-7(2-4-8)5-16-12-17-6-9(19(20)21)11(15)18-12/h1-4,6,10H,5H2,(H3,15,16,17,18). The second-order valence-corrected chi connectivity index (χ2v) is 4.12. The molecule has 0 atom stereocenters. The number of nitro groups is 1. The lowest BCUT2D eigenvalue weighted by atomic mass is 10.1. The summed E-state index contributed by atoms with van der Waals surface area (Å²) >= 11 is 0. The van der Waals surface area contributed by atoms with E-state index < -0.39 is 11.3 Å². The zero-order chi connectivity index (χ0) is 15.4. The molecule has 0 saturated carbocycles. The van der Waals surface area contributed by atoms with Crippen LogP contribution in [0.1, 0.15) is 17.6 Å². The van der Waals surface area contributed by atoms with Gasteiger partial charge in [0.15, 0.2) is 0 Å². The molecule has 0 saturated heterocycles. The first-order valence-corrected chi connectivity index (χ1v) is 5.85. The van der Waals surface area contributed by atoms with Gasteiger partial charge in [0.05, 0.1) is 4.92 Å². The Kier molecular flexibility index (Phi) is 4.21. The molecular weight excluding hydrogens is 284 g/mol. The van der Waals surface area contributed by atoms with Crippen LogP contribution in [0.2, 0.25) is 0 Å². The molecule has 1 aromatic heterocycles. The summed E-state index contributed by atoms with van der Waals surface area (Å²) in [7, 11) is 0. The number of hydrogen-bond acceptors (Lipinski definition) is 6. The van der Waals surface area contributed by atoms with Gasteiger partial charge < -0.3 is 11.1 Å². The number of anilines is 2. The molecule has 0 aliphatic carbocycles. The minimum atomic E-state index is -2.51. The van der Waals surface area contributed by atoms with Crippen LogP contribution in [0.25, 0.3) is 0 Å². The van der Waals surface area contributed by atoms with Gasteiger partial charge in [-0.25, -0.2) is 13.8 Å². The van der Waals surface area contributed by atoms with Gasteiger partial charge >= 0.3 is 5.69 Å². The number of nitrogens with one attached hydrogen (secondary N) is 1. The Morgan fingerprint density at radius 2 is 2.00 bits per heavy atom. The van der Waals surface area contributed by atoms with E-state index in [0.29, 0.717) is 0 Å². The molecule has 0 aliphatic heterocycles. The van der Waals surface area contributed by atoms with E-state index in [1.165, 1.54) is 12.1 Å². The SMILES string of the molecule is Nc1nc(NCc2ccc(C(F)F)cc2)ncc1[N+](=O)[O-]. The molecule has 0 amide bonds. The molecule has 0 spiro atoms. The van der Waals surface area contributed by atoms with Crippen molar-refractivity contribution < 1.29 is 13.7 Å². The molecule has 0 unspecified atom stereocenters. The Morgan fingerprint density at radius 3 is 2.52 bits per heavy atom. The molecule has 1 heterocycles. The van der Waals surface area contributed by atoms with Crippen molar-refractivity contribution in [2.75, 3.05) is 11.1 Å². The van der Waals surface area contributed by atoms with Gasteiger partial charge in [0.2, 0.25) is 11.8 Å². The van der Waals surface area contributed by atoms with Crippen molar-refractivity contribution in [3.63, 3.8) is 0 Å². The van der Waals surface area contributed by atoms with Gasteiger partial charge in [-0.1, -0.05) is 24.3 Å². The van der Waals surface area contributed by atoms with E-state index in [2.05, 4.69) is 15.3 Å². The van der Waals surface area contributed by atoms with Crippen molar-refractivity contribution in [3.8, 4) is 0 Å². The Bertz CT molecular complexity index is 649. The second kappa shape index (κ2) is 6.07. The van der Waals surface area contributed by atoms with Crippen molar-refractivity contribution in [1.29, 1.82) is 0 Å². The Morgan fingerprint density at radius 1 is 1.33 bits per heavy atom. The molecule has 0 bridgehead atoms. The highest BCUT2D eigenvalue weighted by atomic mass is 19.3.